The summed E-state index contributed by atoms with van der Waals surface area (Å²) in [6.45, 7) is 5.92. The van der Waals surface area contributed by atoms with E-state index in [-0.39, 0.29) is 24.0 Å². The Hall–Kier alpha value is -0.880. The molecular formula is C13H20ClFO4. The van der Waals surface area contributed by atoms with Crippen LogP contribution in [0.1, 0.15) is 6.92 Å². The van der Waals surface area contributed by atoms with Gasteiger partial charge in [0.15, 0.2) is 5.76 Å². The number of aliphatic hydroxyl groups excluding tert-OH is 1. The highest BCUT2D eigenvalue weighted by molar-refractivity contribution is 6.32. The molecule has 0 atom stereocenters. The molecular weight excluding hydrogens is 275 g/mol. The van der Waals surface area contributed by atoms with Crippen LogP contribution >= 0.6 is 11.6 Å². The fourth-order valence-corrected chi connectivity index (χ4v) is 1.15. The Morgan fingerprint density at radius 3 is 2.47 bits per heavy atom. The van der Waals surface area contributed by atoms with E-state index < -0.39 is 5.83 Å². The molecule has 0 bridgehead atoms. The molecule has 0 heterocycles. The standard InChI is InChI=1S/C13H20ClFO4/c1-10(9-16)12(14)8-13(11(2)15)19-7-6-18-5-4-17-3/h8,16H,1,4-7,9H2,2-3H3/b12-8+,13-11-. The van der Waals surface area contributed by atoms with Crippen LogP contribution in [0, 0.1) is 0 Å². The molecule has 0 amide bonds. The number of aliphatic hydroxyl groups is 1. The summed E-state index contributed by atoms with van der Waals surface area (Å²) in [6, 6.07) is 0. The number of hydrogen-bond acceptors (Lipinski definition) is 4. The van der Waals surface area contributed by atoms with E-state index >= 15 is 0 Å². The van der Waals surface area contributed by atoms with Crippen LogP contribution in [0.4, 0.5) is 4.39 Å². The first-order chi connectivity index (χ1) is 9.02. The first kappa shape index (κ1) is 18.1. The molecule has 0 fully saturated rings. The largest absolute Gasteiger partial charge is 0.488 e. The zero-order chi connectivity index (χ0) is 14.7. The molecule has 0 saturated heterocycles. The van der Waals surface area contributed by atoms with Crippen molar-refractivity contribution in [1.82, 2.24) is 0 Å². The molecule has 19 heavy (non-hydrogen) atoms. The number of hydrogen-bond donors (Lipinski definition) is 1. The van der Waals surface area contributed by atoms with Crippen molar-refractivity contribution in [3.8, 4) is 0 Å². The van der Waals surface area contributed by atoms with E-state index in [0.29, 0.717) is 25.4 Å². The van der Waals surface area contributed by atoms with Gasteiger partial charge in [0.1, 0.15) is 12.4 Å². The zero-order valence-corrected chi connectivity index (χ0v) is 12.0. The Morgan fingerprint density at radius 1 is 1.32 bits per heavy atom. The second-order valence-electron chi connectivity index (χ2n) is 3.61. The molecule has 4 nitrogen and oxygen atoms in total. The Kier molecular flexibility index (Phi) is 10.5. The predicted molar refractivity (Wildman–Crippen MR) is 72.6 cm³/mol. The van der Waals surface area contributed by atoms with Crippen molar-refractivity contribution in [2.75, 3.05) is 40.1 Å². The second-order valence-corrected chi connectivity index (χ2v) is 4.01. The summed E-state index contributed by atoms with van der Waals surface area (Å²) in [4.78, 5) is 0. The van der Waals surface area contributed by atoms with Gasteiger partial charge in [-0.1, -0.05) is 18.2 Å². The van der Waals surface area contributed by atoms with E-state index in [1.807, 2.05) is 0 Å². The molecule has 0 radical (unpaired) electrons. The van der Waals surface area contributed by atoms with Gasteiger partial charge in [0, 0.05) is 18.2 Å². The fraction of sp³-hybridized carbons (Fsp3) is 0.538. The van der Waals surface area contributed by atoms with Gasteiger partial charge in [0.2, 0.25) is 0 Å². The minimum atomic E-state index is -0.513. The van der Waals surface area contributed by atoms with E-state index in [0.717, 1.165) is 0 Å². The van der Waals surface area contributed by atoms with Crippen LogP contribution in [0.3, 0.4) is 0 Å². The average molecular weight is 295 g/mol. The zero-order valence-electron chi connectivity index (χ0n) is 11.2. The summed E-state index contributed by atoms with van der Waals surface area (Å²) in [5, 5.41) is 8.99. The summed E-state index contributed by atoms with van der Waals surface area (Å²) in [5.74, 6) is -0.518. The molecule has 1 N–H and O–H groups in total. The van der Waals surface area contributed by atoms with Crippen molar-refractivity contribution in [3.63, 3.8) is 0 Å². The molecule has 0 aliphatic carbocycles. The van der Waals surface area contributed by atoms with Gasteiger partial charge < -0.3 is 19.3 Å². The highest BCUT2D eigenvalue weighted by atomic mass is 35.5. The minimum absolute atomic E-state index is 0.00468. The average Bonchev–Trinajstić information content (AvgIpc) is 2.39. The van der Waals surface area contributed by atoms with Crippen LogP contribution in [0.15, 0.2) is 34.8 Å². The number of methoxy groups -OCH3 is 1. The van der Waals surface area contributed by atoms with Crippen LogP contribution in [0.5, 0.6) is 0 Å². The summed E-state index contributed by atoms with van der Waals surface area (Å²) < 4.78 is 28.4. The molecule has 0 saturated carbocycles. The van der Waals surface area contributed by atoms with E-state index in [2.05, 4.69) is 6.58 Å². The SMILES string of the molecule is C=C(CO)/C(Cl)=C\C(OCCOCCOC)=C(/C)F. The Morgan fingerprint density at radius 2 is 1.95 bits per heavy atom. The molecule has 0 rings (SSSR count). The van der Waals surface area contributed by atoms with Crippen molar-refractivity contribution >= 4 is 11.6 Å². The van der Waals surface area contributed by atoms with Crippen LogP contribution in [0.25, 0.3) is 0 Å². The Labute approximate surface area is 118 Å². The van der Waals surface area contributed by atoms with Gasteiger partial charge in [-0.2, -0.15) is 0 Å². The lowest BCUT2D eigenvalue weighted by atomic mass is 10.2. The number of allylic oxidation sites excluding steroid dienone is 2. The lowest BCUT2D eigenvalue weighted by molar-refractivity contribution is 0.0421. The van der Waals surface area contributed by atoms with Crippen LogP contribution in [0.2, 0.25) is 0 Å². The maximum absolute atomic E-state index is 13.2. The Bertz CT molecular complexity index is 336. The van der Waals surface area contributed by atoms with E-state index in [1.54, 1.807) is 7.11 Å². The summed E-state index contributed by atoms with van der Waals surface area (Å²) in [5.41, 5.74) is 0.292. The maximum atomic E-state index is 13.2. The van der Waals surface area contributed by atoms with Crippen LogP contribution in [-0.4, -0.2) is 45.3 Å². The molecule has 0 aliphatic rings. The predicted octanol–water partition coefficient (Wildman–Crippen LogP) is 2.54. The van der Waals surface area contributed by atoms with E-state index in [1.165, 1.54) is 13.0 Å². The highest BCUT2D eigenvalue weighted by Crippen LogP contribution is 2.18. The van der Waals surface area contributed by atoms with Gasteiger partial charge in [-0.25, -0.2) is 4.39 Å². The highest BCUT2D eigenvalue weighted by Gasteiger charge is 2.05. The van der Waals surface area contributed by atoms with Crippen LogP contribution in [-0.2, 0) is 14.2 Å². The van der Waals surface area contributed by atoms with E-state index in [4.69, 9.17) is 30.9 Å². The second kappa shape index (κ2) is 11.0. The quantitative estimate of drug-likeness (QED) is 0.382. The maximum Gasteiger partial charge on any atom is 0.152 e. The molecule has 110 valence electrons. The van der Waals surface area contributed by atoms with Gasteiger partial charge in [-0.05, 0) is 12.5 Å². The van der Waals surface area contributed by atoms with Crippen LogP contribution < -0.4 is 0 Å². The first-order valence-electron chi connectivity index (χ1n) is 5.75. The molecule has 0 aliphatic heterocycles. The third-order valence-electron chi connectivity index (χ3n) is 2.04. The number of ether oxygens (including phenoxy) is 3. The summed E-state index contributed by atoms with van der Waals surface area (Å²) in [6.07, 6.45) is 1.28. The monoisotopic (exact) mass is 294 g/mol. The summed E-state index contributed by atoms with van der Waals surface area (Å²) in [7, 11) is 1.58. The molecule has 0 spiro atoms. The lowest BCUT2D eigenvalue weighted by Crippen LogP contribution is -2.08. The normalized spacial score (nSPS) is 13.2. The minimum Gasteiger partial charge on any atom is -0.488 e. The molecule has 0 aromatic heterocycles. The van der Waals surface area contributed by atoms with Gasteiger partial charge in [-0.15, -0.1) is 0 Å². The third-order valence-corrected chi connectivity index (χ3v) is 2.42. The number of rotatable bonds is 10. The molecule has 6 heteroatoms. The van der Waals surface area contributed by atoms with Crippen molar-refractivity contribution in [3.05, 3.63) is 34.8 Å². The fourth-order valence-electron chi connectivity index (χ4n) is 0.988. The molecule has 0 unspecified atom stereocenters. The third kappa shape index (κ3) is 8.77. The van der Waals surface area contributed by atoms with Gasteiger partial charge in [0.25, 0.3) is 0 Å². The number of halogens is 2. The molecule has 0 aromatic carbocycles. The smallest absolute Gasteiger partial charge is 0.152 e. The van der Waals surface area contributed by atoms with Crippen molar-refractivity contribution < 1.29 is 23.7 Å². The van der Waals surface area contributed by atoms with Crippen molar-refractivity contribution in [2.24, 2.45) is 0 Å². The summed E-state index contributed by atoms with van der Waals surface area (Å²) >= 11 is 5.82. The van der Waals surface area contributed by atoms with Crippen molar-refractivity contribution in [1.29, 1.82) is 0 Å². The van der Waals surface area contributed by atoms with Gasteiger partial charge >= 0.3 is 0 Å². The van der Waals surface area contributed by atoms with Gasteiger partial charge in [-0.3, -0.25) is 0 Å². The van der Waals surface area contributed by atoms with Crippen molar-refractivity contribution in [2.45, 2.75) is 6.92 Å². The Balaban J connectivity index is 4.23. The van der Waals surface area contributed by atoms with E-state index in [9.17, 15) is 4.39 Å². The lowest BCUT2D eigenvalue weighted by Gasteiger charge is -2.09. The first-order valence-corrected chi connectivity index (χ1v) is 6.12. The molecule has 0 aromatic rings. The topological polar surface area (TPSA) is 47.9 Å². The van der Waals surface area contributed by atoms with Gasteiger partial charge in [0.05, 0.1) is 26.4 Å².